The van der Waals surface area contributed by atoms with E-state index in [0.717, 1.165) is 35.6 Å². The van der Waals surface area contributed by atoms with Gasteiger partial charge in [0.2, 0.25) is 15.9 Å². The highest BCUT2D eigenvalue weighted by atomic mass is 32.2. The summed E-state index contributed by atoms with van der Waals surface area (Å²) < 4.78 is 25.6. The minimum Gasteiger partial charge on any atom is -0.325 e. The van der Waals surface area contributed by atoms with Crippen molar-refractivity contribution in [2.24, 2.45) is 5.14 Å². The summed E-state index contributed by atoms with van der Waals surface area (Å²) in [6.45, 7) is 4.71. The van der Waals surface area contributed by atoms with E-state index in [1.54, 1.807) is 19.1 Å². The van der Waals surface area contributed by atoms with Crippen LogP contribution in [0, 0.1) is 6.92 Å². The molecular formula is C22H28N4O3S2. The van der Waals surface area contributed by atoms with Gasteiger partial charge in [-0.25, -0.2) is 18.5 Å². The number of nitrogens with one attached hydrogen (secondary N) is 1. The number of primary sulfonamides is 1. The number of carbonyl (C=O) groups is 1. The number of thioether (sulfide) groups is 1. The number of sulfonamides is 1. The normalized spacial score (nSPS) is 11.7. The van der Waals surface area contributed by atoms with Gasteiger partial charge in [0.25, 0.3) is 0 Å². The number of benzene rings is 2. The molecule has 9 heteroatoms. The van der Waals surface area contributed by atoms with Crippen LogP contribution in [0.1, 0.15) is 38.2 Å². The minimum atomic E-state index is -3.85. The molecule has 0 saturated carbocycles. The predicted molar refractivity (Wildman–Crippen MR) is 126 cm³/mol. The van der Waals surface area contributed by atoms with E-state index in [9.17, 15) is 13.2 Å². The van der Waals surface area contributed by atoms with Crippen LogP contribution >= 0.6 is 11.8 Å². The Morgan fingerprint density at radius 1 is 1.16 bits per heavy atom. The quantitative estimate of drug-likeness (QED) is 0.346. The van der Waals surface area contributed by atoms with Gasteiger partial charge < -0.3 is 9.88 Å². The lowest BCUT2D eigenvalue weighted by Crippen LogP contribution is -2.17. The van der Waals surface area contributed by atoms with Gasteiger partial charge in [-0.1, -0.05) is 56.1 Å². The molecule has 31 heavy (non-hydrogen) atoms. The summed E-state index contributed by atoms with van der Waals surface area (Å²) in [5, 5.41) is 8.80. The summed E-state index contributed by atoms with van der Waals surface area (Å²) in [4.78, 5) is 17.2. The molecule has 166 valence electrons. The molecule has 7 nitrogen and oxygen atoms in total. The van der Waals surface area contributed by atoms with E-state index >= 15 is 0 Å². The molecule has 1 amide bonds. The lowest BCUT2D eigenvalue weighted by atomic mass is 10.2. The van der Waals surface area contributed by atoms with Crippen LogP contribution in [-0.4, -0.2) is 29.6 Å². The van der Waals surface area contributed by atoms with Gasteiger partial charge in [0, 0.05) is 12.2 Å². The molecule has 0 atom stereocenters. The van der Waals surface area contributed by atoms with Crippen LogP contribution < -0.4 is 10.5 Å². The van der Waals surface area contributed by atoms with E-state index < -0.39 is 10.0 Å². The SMILES string of the molecule is CCCCCCn1c(SCC(=O)Nc2ccc(C)c(S(N)(=O)=O)c2)nc2ccccc21. The second kappa shape index (κ2) is 10.3. The number of rotatable bonds is 10. The molecule has 0 fully saturated rings. The number of hydrogen-bond acceptors (Lipinski definition) is 5. The number of fused-ring (bicyclic) bond motifs is 1. The van der Waals surface area contributed by atoms with Crippen molar-refractivity contribution in [3.05, 3.63) is 48.0 Å². The maximum atomic E-state index is 12.5. The first kappa shape index (κ1) is 23.3. The Morgan fingerprint density at radius 3 is 2.68 bits per heavy atom. The van der Waals surface area contributed by atoms with Crippen molar-refractivity contribution in [1.29, 1.82) is 0 Å². The Morgan fingerprint density at radius 2 is 1.94 bits per heavy atom. The summed E-state index contributed by atoms with van der Waals surface area (Å²) in [6.07, 6.45) is 4.61. The first-order valence-electron chi connectivity index (χ1n) is 10.3. The molecule has 3 N–H and O–H groups in total. The van der Waals surface area contributed by atoms with Crippen molar-refractivity contribution in [2.45, 2.75) is 56.1 Å². The van der Waals surface area contributed by atoms with Crippen molar-refractivity contribution >= 4 is 44.4 Å². The Bertz CT molecular complexity index is 1170. The van der Waals surface area contributed by atoms with Crippen LogP contribution in [0.25, 0.3) is 11.0 Å². The van der Waals surface area contributed by atoms with Crippen molar-refractivity contribution in [3.8, 4) is 0 Å². The highest BCUT2D eigenvalue weighted by Gasteiger charge is 2.15. The molecule has 1 aromatic heterocycles. The smallest absolute Gasteiger partial charge is 0.238 e. The first-order valence-corrected chi connectivity index (χ1v) is 12.8. The van der Waals surface area contributed by atoms with Crippen molar-refractivity contribution in [2.75, 3.05) is 11.1 Å². The van der Waals surface area contributed by atoms with E-state index in [-0.39, 0.29) is 16.6 Å². The van der Waals surface area contributed by atoms with Crippen molar-refractivity contribution in [1.82, 2.24) is 9.55 Å². The van der Waals surface area contributed by atoms with E-state index in [1.165, 1.54) is 30.7 Å². The molecule has 0 spiro atoms. The van der Waals surface area contributed by atoms with Crippen LogP contribution in [0.5, 0.6) is 0 Å². The number of amides is 1. The molecular weight excluding hydrogens is 432 g/mol. The zero-order valence-electron chi connectivity index (χ0n) is 17.8. The predicted octanol–water partition coefficient (Wildman–Crippen LogP) is 4.30. The fourth-order valence-electron chi connectivity index (χ4n) is 3.39. The van der Waals surface area contributed by atoms with E-state index in [0.29, 0.717) is 11.3 Å². The second-order valence-electron chi connectivity index (χ2n) is 7.46. The number of para-hydroxylation sites is 2. The summed E-state index contributed by atoms with van der Waals surface area (Å²) in [5.41, 5.74) is 2.91. The molecule has 0 aliphatic carbocycles. The average molecular weight is 461 g/mol. The molecule has 3 aromatic rings. The van der Waals surface area contributed by atoms with Gasteiger partial charge in [-0.2, -0.15) is 0 Å². The van der Waals surface area contributed by atoms with Crippen LogP contribution in [0.4, 0.5) is 5.69 Å². The number of aromatic nitrogens is 2. The highest BCUT2D eigenvalue weighted by Crippen LogP contribution is 2.25. The first-order chi connectivity index (χ1) is 14.8. The summed E-state index contributed by atoms with van der Waals surface area (Å²) >= 11 is 1.37. The third kappa shape index (κ3) is 6.09. The molecule has 0 bridgehead atoms. The molecule has 0 aliphatic rings. The monoisotopic (exact) mass is 460 g/mol. The maximum absolute atomic E-state index is 12.5. The largest absolute Gasteiger partial charge is 0.325 e. The van der Waals surface area contributed by atoms with Gasteiger partial charge in [-0.15, -0.1) is 0 Å². The summed E-state index contributed by atoms with van der Waals surface area (Å²) in [7, 11) is -3.85. The standard InChI is InChI=1S/C22H28N4O3S2/c1-3-4-5-8-13-26-19-10-7-6-9-18(19)25-22(26)30-15-21(27)24-17-12-11-16(2)20(14-17)31(23,28)29/h6-7,9-12,14H,3-5,8,13,15H2,1-2H3,(H,24,27)(H2,23,28,29). The zero-order chi connectivity index (χ0) is 22.4. The molecule has 1 heterocycles. The lowest BCUT2D eigenvalue weighted by molar-refractivity contribution is -0.113. The van der Waals surface area contributed by atoms with Gasteiger partial charge in [-0.05, 0) is 43.2 Å². The molecule has 3 rings (SSSR count). The van der Waals surface area contributed by atoms with Gasteiger partial charge in [0.05, 0.1) is 21.7 Å². The lowest BCUT2D eigenvalue weighted by Gasteiger charge is -2.10. The van der Waals surface area contributed by atoms with Crippen LogP contribution in [-0.2, 0) is 21.4 Å². The topological polar surface area (TPSA) is 107 Å². The van der Waals surface area contributed by atoms with Crippen molar-refractivity contribution < 1.29 is 13.2 Å². The number of aryl methyl sites for hydroxylation is 2. The molecule has 0 saturated heterocycles. The second-order valence-corrected chi connectivity index (χ2v) is 9.93. The molecule has 0 aliphatic heterocycles. The minimum absolute atomic E-state index is 0.00632. The Balaban J connectivity index is 1.70. The van der Waals surface area contributed by atoms with Crippen LogP contribution in [0.2, 0.25) is 0 Å². The summed E-state index contributed by atoms with van der Waals surface area (Å²) in [5.74, 6) is -0.0737. The van der Waals surface area contributed by atoms with Gasteiger partial charge in [0.15, 0.2) is 5.16 Å². The number of hydrogen-bond donors (Lipinski definition) is 2. The number of unbranched alkanes of at least 4 members (excludes halogenated alkanes) is 3. The van der Waals surface area contributed by atoms with E-state index in [2.05, 4.69) is 16.8 Å². The Hall–Kier alpha value is -2.36. The molecule has 0 radical (unpaired) electrons. The number of nitrogens with zero attached hydrogens (tertiary/aromatic N) is 2. The zero-order valence-corrected chi connectivity index (χ0v) is 19.4. The van der Waals surface area contributed by atoms with E-state index in [1.807, 2.05) is 24.3 Å². The molecule has 2 aromatic carbocycles. The number of imidazole rings is 1. The maximum Gasteiger partial charge on any atom is 0.238 e. The van der Waals surface area contributed by atoms with E-state index in [4.69, 9.17) is 10.1 Å². The highest BCUT2D eigenvalue weighted by molar-refractivity contribution is 7.99. The third-order valence-electron chi connectivity index (χ3n) is 4.97. The van der Waals surface area contributed by atoms with Crippen molar-refractivity contribution in [3.63, 3.8) is 0 Å². The Labute approximate surface area is 187 Å². The number of carbonyl (C=O) groups excluding carboxylic acids is 1. The Kier molecular flexibility index (Phi) is 7.74. The third-order valence-corrected chi connectivity index (χ3v) is 6.99. The number of nitrogens with two attached hydrogens (primary N) is 1. The average Bonchev–Trinajstić information content (AvgIpc) is 3.08. The number of anilines is 1. The van der Waals surface area contributed by atoms with Gasteiger partial charge in [0.1, 0.15) is 0 Å². The van der Waals surface area contributed by atoms with Crippen LogP contribution in [0.3, 0.4) is 0 Å². The summed E-state index contributed by atoms with van der Waals surface area (Å²) in [6, 6.07) is 12.6. The fourth-order valence-corrected chi connectivity index (χ4v) is 5.04. The van der Waals surface area contributed by atoms with Gasteiger partial charge in [-0.3, -0.25) is 4.79 Å². The fraction of sp³-hybridized carbons (Fsp3) is 0.364. The van der Waals surface area contributed by atoms with Crippen LogP contribution in [0.15, 0.2) is 52.5 Å². The van der Waals surface area contributed by atoms with Gasteiger partial charge >= 0.3 is 0 Å². The molecule has 0 unspecified atom stereocenters.